The van der Waals surface area contributed by atoms with E-state index in [2.05, 4.69) is 17.1 Å². The molecule has 1 N–H and O–H groups in total. The van der Waals surface area contributed by atoms with Crippen molar-refractivity contribution in [2.45, 2.75) is 26.7 Å². The van der Waals surface area contributed by atoms with Gasteiger partial charge in [-0.3, -0.25) is 9.69 Å². The van der Waals surface area contributed by atoms with Crippen molar-refractivity contribution in [2.75, 3.05) is 33.2 Å². The van der Waals surface area contributed by atoms with Crippen LogP contribution < -0.4 is 5.32 Å². The normalized spacial score (nSPS) is 20.7. The monoisotopic (exact) mass is 280 g/mol. The van der Waals surface area contributed by atoms with Crippen molar-refractivity contribution in [1.29, 1.82) is 0 Å². The molecule has 1 aromatic heterocycles. The van der Waals surface area contributed by atoms with E-state index < -0.39 is 0 Å². The minimum absolute atomic E-state index is 0.284. The van der Waals surface area contributed by atoms with Crippen molar-refractivity contribution < 1.29 is 4.79 Å². The summed E-state index contributed by atoms with van der Waals surface area (Å²) >= 11 is 1.72. The highest BCUT2D eigenvalue weighted by molar-refractivity contribution is 7.12. The number of carbonyl (C=O) groups is 1. The van der Waals surface area contributed by atoms with Crippen LogP contribution >= 0.6 is 11.3 Å². The summed E-state index contributed by atoms with van der Waals surface area (Å²) in [5.41, 5.74) is 0.929. The molecule has 19 heavy (non-hydrogen) atoms. The van der Waals surface area contributed by atoms with Gasteiger partial charge in [0.2, 0.25) is 0 Å². The van der Waals surface area contributed by atoms with Crippen LogP contribution in [-0.4, -0.2) is 43.9 Å². The number of nitrogens with one attached hydrogen (secondary N) is 1. The zero-order valence-electron chi connectivity index (χ0n) is 12.2. The third kappa shape index (κ3) is 3.88. The molecule has 0 saturated carbocycles. The lowest BCUT2D eigenvalue weighted by atomic mass is 9.97. The van der Waals surface area contributed by atoms with Crippen molar-refractivity contribution in [1.82, 2.24) is 10.2 Å². The zero-order chi connectivity index (χ0) is 13.8. The first-order chi connectivity index (χ1) is 9.10. The van der Waals surface area contributed by atoms with E-state index in [1.807, 2.05) is 20.0 Å². The van der Waals surface area contributed by atoms with Gasteiger partial charge in [-0.1, -0.05) is 0 Å². The second-order valence-electron chi connectivity index (χ2n) is 5.55. The van der Waals surface area contributed by atoms with Crippen molar-refractivity contribution >= 4 is 17.1 Å². The first-order valence-electron chi connectivity index (χ1n) is 7.07. The van der Waals surface area contributed by atoms with Gasteiger partial charge in [0.15, 0.2) is 5.78 Å². The SMILES string of the molecule is CNCC1CCCN(CC(=O)c2cc(C)sc2C)C1. The predicted molar refractivity (Wildman–Crippen MR) is 81.2 cm³/mol. The van der Waals surface area contributed by atoms with E-state index in [0.29, 0.717) is 12.5 Å². The molecule has 4 heteroatoms. The molecule has 0 radical (unpaired) electrons. The summed E-state index contributed by atoms with van der Waals surface area (Å²) in [5, 5.41) is 3.25. The molecular weight excluding hydrogens is 256 g/mol. The number of nitrogens with zero attached hydrogens (tertiary/aromatic N) is 1. The Labute approximate surface area is 120 Å². The Morgan fingerprint density at radius 3 is 2.95 bits per heavy atom. The molecule has 1 fully saturated rings. The van der Waals surface area contributed by atoms with Gasteiger partial charge in [-0.2, -0.15) is 0 Å². The fraction of sp³-hybridized carbons (Fsp3) is 0.667. The maximum Gasteiger partial charge on any atom is 0.177 e. The maximum atomic E-state index is 12.4. The van der Waals surface area contributed by atoms with Crippen molar-refractivity contribution in [2.24, 2.45) is 5.92 Å². The average molecular weight is 280 g/mol. The van der Waals surface area contributed by atoms with Gasteiger partial charge in [-0.15, -0.1) is 11.3 Å². The third-order valence-corrected chi connectivity index (χ3v) is 4.77. The summed E-state index contributed by atoms with van der Waals surface area (Å²) in [6, 6.07) is 2.04. The lowest BCUT2D eigenvalue weighted by Crippen LogP contribution is -2.41. The summed E-state index contributed by atoms with van der Waals surface area (Å²) in [5.74, 6) is 0.976. The molecule has 0 amide bonds. The second kappa shape index (κ2) is 6.64. The zero-order valence-corrected chi connectivity index (χ0v) is 13.0. The number of aryl methyl sites for hydroxylation is 2. The van der Waals surface area contributed by atoms with Gasteiger partial charge in [0.1, 0.15) is 0 Å². The van der Waals surface area contributed by atoms with Gasteiger partial charge < -0.3 is 5.32 Å². The van der Waals surface area contributed by atoms with Crippen LogP contribution in [0.3, 0.4) is 0 Å². The molecular formula is C15H24N2OS. The fourth-order valence-electron chi connectivity index (χ4n) is 2.95. The predicted octanol–water partition coefficient (Wildman–Crippen LogP) is 2.48. The van der Waals surface area contributed by atoms with Gasteiger partial charge in [0, 0.05) is 21.9 Å². The van der Waals surface area contributed by atoms with Crippen molar-refractivity contribution in [3.8, 4) is 0 Å². The summed E-state index contributed by atoms with van der Waals surface area (Å²) < 4.78 is 0. The van der Waals surface area contributed by atoms with Crippen LogP contribution in [0.5, 0.6) is 0 Å². The highest BCUT2D eigenvalue weighted by Crippen LogP contribution is 2.22. The Morgan fingerprint density at radius 2 is 2.32 bits per heavy atom. The number of ketones is 1. The fourth-order valence-corrected chi connectivity index (χ4v) is 3.89. The molecule has 0 spiro atoms. The molecule has 1 atom stereocenters. The largest absolute Gasteiger partial charge is 0.319 e. The Morgan fingerprint density at radius 1 is 1.53 bits per heavy atom. The molecule has 0 bridgehead atoms. The Kier molecular flexibility index (Phi) is 5.13. The Hall–Kier alpha value is -0.710. The van der Waals surface area contributed by atoms with Crippen LogP contribution in [0, 0.1) is 19.8 Å². The van der Waals surface area contributed by atoms with Crippen LogP contribution in [0.2, 0.25) is 0 Å². The molecule has 1 aliphatic rings. The van der Waals surface area contributed by atoms with Gasteiger partial charge in [0.05, 0.1) is 6.54 Å². The topological polar surface area (TPSA) is 32.3 Å². The minimum Gasteiger partial charge on any atom is -0.319 e. The highest BCUT2D eigenvalue weighted by atomic mass is 32.1. The van der Waals surface area contributed by atoms with Gasteiger partial charge in [0.25, 0.3) is 0 Å². The molecule has 106 valence electrons. The third-order valence-electron chi connectivity index (χ3n) is 3.80. The van der Waals surface area contributed by atoms with Crippen LogP contribution in [0.15, 0.2) is 6.07 Å². The Balaban J connectivity index is 1.93. The standard InChI is InChI=1S/C15H24N2OS/c1-11-7-14(12(2)19-11)15(18)10-17-6-4-5-13(9-17)8-16-3/h7,13,16H,4-6,8-10H2,1-3H3. The van der Waals surface area contributed by atoms with Crippen molar-refractivity contribution in [3.63, 3.8) is 0 Å². The molecule has 0 aliphatic carbocycles. The molecule has 1 saturated heterocycles. The number of Topliss-reactive ketones (excluding diaryl/α,β-unsaturated/α-hetero) is 1. The number of carbonyl (C=O) groups excluding carboxylic acids is 1. The lowest BCUT2D eigenvalue weighted by Gasteiger charge is -2.32. The van der Waals surface area contributed by atoms with Gasteiger partial charge in [-0.25, -0.2) is 0 Å². The lowest BCUT2D eigenvalue weighted by molar-refractivity contribution is 0.0886. The van der Waals surface area contributed by atoms with Crippen molar-refractivity contribution in [3.05, 3.63) is 21.4 Å². The molecule has 0 aromatic carbocycles. The van der Waals surface area contributed by atoms with Gasteiger partial charge in [-0.05, 0) is 58.8 Å². The summed E-state index contributed by atoms with van der Waals surface area (Å²) in [6.07, 6.45) is 2.49. The number of rotatable bonds is 5. The van der Waals surface area contributed by atoms with E-state index in [9.17, 15) is 4.79 Å². The average Bonchev–Trinajstić information content (AvgIpc) is 2.69. The van der Waals surface area contributed by atoms with Crippen LogP contribution in [0.4, 0.5) is 0 Å². The number of hydrogen-bond acceptors (Lipinski definition) is 4. The van der Waals surface area contributed by atoms with Crippen LogP contribution in [0.25, 0.3) is 0 Å². The summed E-state index contributed by atoms with van der Waals surface area (Å²) in [7, 11) is 2.00. The summed E-state index contributed by atoms with van der Waals surface area (Å²) in [6.45, 7) is 7.87. The number of piperidine rings is 1. The molecule has 2 heterocycles. The second-order valence-corrected chi connectivity index (χ2v) is 7.01. The molecule has 2 rings (SSSR count). The maximum absolute atomic E-state index is 12.4. The number of hydrogen-bond donors (Lipinski definition) is 1. The quantitative estimate of drug-likeness (QED) is 0.841. The van der Waals surface area contributed by atoms with E-state index in [-0.39, 0.29) is 5.78 Å². The number of thiophene rings is 1. The van der Waals surface area contributed by atoms with Crippen LogP contribution in [-0.2, 0) is 0 Å². The minimum atomic E-state index is 0.284. The molecule has 1 aliphatic heterocycles. The molecule has 1 unspecified atom stereocenters. The van der Waals surface area contributed by atoms with Gasteiger partial charge >= 0.3 is 0 Å². The number of likely N-dealkylation sites (tertiary alicyclic amines) is 1. The Bertz CT molecular complexity index is 439. The van der Waals surface area contributed by atoms with Crippen LogP contribution in [0.1, 0.15) is 33.0 Å². The van der Waals surface area contributed by atoms with E-state index in [1.54, 1.807) is 11.3 Å². The first-order valence-corrected chi connectivity index (χ1v) is 7.89. The highest BCUT2D eigenvalue weighted by Gasteiger charge is 2.22. The van der Waals surface area contributed by atoms with E-state index in [1.165, 1.54) is 17.7 Å². The smallest absolute Gasteiger partial charge is 0.177 e. The van der Waals surface area contributed by atoms with E-state index in [0.717, 1.165) is 30.1 Å². The van der Waals surface area contributed by atoms with E-state index >= 15 is 0 Å². The molecule has 3 nitrogen and oxygen atoms in total. The van der Waals surface area contributed by atoms with E-state index in [4.69, 9.17) is 0 Å². The molecule has 1 aromatic rings. The summed E-state index contributed by atoms with van der Waals surface area (Å²) in [4.78, 5) is 17.1. The first kappa shape index (κ1) is 14.7.